The summed E-state index contributed by atoms with van der Waals surface area (Å²) in [6.07, 6.45) is 5.30. The van der Waals surface area contributed by atoms with E-state index in [-0.39, 0.29) is 24.7 Å². The molecule has 7 nitrogen and oxygen atoms in total. The third kappa shape index (κ3) is 5.63. The van der Waals surface area contributed by atoms with Crippen LogP contribution in [0.5, 0.6) is 0 Å². The molecule has 1 aliphatic carbocycles. The average Bonchev–Trinajstić information content (AvgIpc) is 3.01. The molecule has 1 saturated carbocycles. The molecule has 1 heterocycles. The van der Waals surface area contributed by atoms with E-state index in [9.17, 15) is 9.59 Å². The number of amides is 2. The molecule has 2 aliphatic rings. The van der Waals surface area contributed by atoms with E-state index in [0.29, 0.717) is 0 Å². The first kappa shape index (κ1) is 19.0. The fourth-order valence-corrected chi connectivity index (χ4v) is 3.60. The van der Waals surface area contributed by atoms with Crippen molar-refractivity contribution in [2.24, 2.45) is 0 Å². The van der Waals surface area contributed by atoms with E-state index in [2.05, 4.69) is 10.2 Å². The largest absolute Gasteiger partial charge is 0.480 e. The highest BCUT2D eigenvalue weighted by atomic mass is 16.4. The van der Waals surface area contributed by atoms with Gasteiger partial charge in [0.2, 0.25) is 0 Å². The Balaban J connectivity index is 1.59. The Hall–Kier alpha value is -1.34. The van der Waals surface area contributed by atoms with Crippen LogP contribution in [-0.2, 0) is 4.79 Å². The summed E-state index contributed by atoms with van der Waals surface area (Å²) in [6, 6.07) is 0.435. The molecule has 1 saturated heterocycles. The molecule has 7 heteroatoms. The maximum Gasteiger partial charge on any atom is 0.317 e. The molecular weight excluding hydrogens is 308 g/mol. The topological polar surface area (TPSA) is 76.1 Å². The van der Waals surface area contributed by atoms with Crippen LogP contribution in [0.15, 0.2) is 0 Å². The second-order valence-corrected chi connectivity index (χ2v) is 7.05. The van der Waals surface area contributed by atoms with Crippen molar-refractivity contribution in [3.05, 3.63) is 0 Å². The van der Waals surface area contributed by atoms with E-state index < -0.39 is 5.97 Å². The van der Waals surface area contributed by atoms with Crippen molar-refractivity contribution in [2.45, 2.75) is 51.1 Å². The van der Waals surface area contributed by atoms with Gasteiger partial charge in [-0.2, -0.15) is 0 Å². The second kappa shape index (κ2) is 9.22. The summed E-state index contributed by atoms with van der Waals surface area (Å²) in [6.45, 7) is 7.03. The van der Waals surface area contributed by atoms with Gasteiger partial charge in [-0.15, -0.1) is 0 Å². The summed E-state index contributed by atoms with van der Waals surface area (Å²) < 4.78 is 0. The number of carbonyl (C=O) groups is 2. The molecule has 1 aliphatic heterocycles. The minimum Gasteiger partial charge on any atom is -0.480 e. The molecule has 0 aromatic heterocycles. The van der Waals surface area contributed by atoms with Gasteiger partial charge in [-0.1, -0.05) is 6.92 Å². The number of carboxylic acid groups (broad SMARTS) is 1. The number of likely N-dealkylation sites (tertiary alicyclic amines) is 1. The van der Waals surface area contributed by atoms with E-state index in [4.69, 9.17) is 5.11 Å². The molecule has 0 aromatic carbocycles. The Kier molecular flexibility index (Phi) is 7.30. The van der Waals surface area contributed by atoms with Crippen molar-refractivity contribution in [1.29, 1.82) is 0 Å². The number of aliphatic carboxylic acids is 1. The number of nitrogens with one attached hydrogen (secondary N) is 1. The molecule has 2 N–H and O–H groups in total. The molecule has 0 aromatic rings. The van der Waals surface area contributed by atoms with Crippen molar-refractivity contribution >= 4 is 12.0 Å². The van der Waals surface area contributed by atoms with Gasteiger partial charge in [0.05, 0.1) is 6.54 Å². The lowest BCUT2D eigenvalue weighted by Crippen LogP contribution is -2.56. The van der Waals surface area contributed by atoms with Crippen molar-refractivity contribution in [3.8, 4) is 0 Å². The monoisotopic (exact) mass is 340 g/mol. The normalized spacial score (nSPS) is 24.0. The molecule has 0 bridgehead atoms. The summed E-state index contributed by atoms with van der Waals surface area (Å²) in [5.74, 6) is -0.790. The number of hydrogen-bond donors (Lipinski definition) is 2. The highest BCUT2D eigenvalue weighted by Crippen LogP contribution is 2.25. The molecule has 0 unspecified atom stereocenters. The Morgan fingerprint density at radius 2 is 1.92 bits per heavy atom. The van der Waals surface area contributed by atoms with Crippen LogP contribution in [0.3, 0.4) is 0 Å². The first-order chi connectivity index (χ1) is 11.5. The van der Waals surface area contributed by atoms with Crippen LogP contribution in [0.4, 0.5) is 4.79 Å². The van der Waals surface area contributed by atoms with E-state index in [1.54, 1.807) is 4.90 Å². The summed E-state index contributed by atoms with van der Waals surface area (Å²) in [7, 11) is 1.85. The lowest BCUT2D eigenvalue weighted by Gasteiger charge is -2.42. The van der Waals surface area contributed by atoms with Crippen molar-refractivity contribution < 1.29 is 14.7 Å². The van der Waals surface area contributed by atoms with E-state index in [1.165, 1.54) is 25.9 Å². The molecule has 2 amide bonds. The Morgan fingerprint density at radius 3 is 2.50 bits per heavy atom. The smallest absolute Gasteiger partial charge is 0.317 e. The zero-order chi connectivity index (χ0) is 17.5. The maximum absolute atomic E-state index is 12.2. The zero-order valence-corrected chi connectivity index (χ0v) is 15.0. The summed E-state index contributed by atoms with van der Waals surface area (Å²) >= 11 is 0. The Labute approximate surface area is 145 Å². The summed E-state index contributed by atoms with van der Waals surface area (Å²) in [5.41, 5.74) is 0. The predicted molar refractivity (Wildman–Crippen MR) is 93.1 cm³/mol. The van der Waals surface area contributed by atoms with E-state index in [0.717, 1.165) is 38.9 Å². The highest BCUT2D eigenvalue weighted by Gasteiger charge is 2.35. The van der Waals surface area contributed by atoms with Gasteiger partial charge in [0.1, 0.15) is 0 Å². The molecule has 0 atom stereocenters. The van der Waals surface area contributed by atoms with Gasteiger partial charge in [0.25, 0.3) is 0 Å². The first-order valence-electron chi connectivity index (χ1n) is 9.19. The lowest BCUT2D eigenvalue weighted by atomic mass is 9.85. The van der Waals surface area contributed by atoms with Crippen LogP contribution in [0.2, 0.25) is 0 Å². The van der Waals surface area contributed by atoms with Gasteiger partial charge in [-0.05, 0) is 58.3 Å². The highest BCUT2D eigenvalue weighted by molar-refractivity contribution is 5.74. The van der Waals surface area contributed by atoms with Crippen LogP contribution >= 0.6 is 0 Å². The predicted octanol–water partition coefficient (Wildman–Crippen LogP) is 1.05. The number of carboxylic acids is 1. The van der Waals surface area contributed by atoms with Crippen LogP contribution in [0, 0.1) is 0 Å². The number of rotatable bonds is 9. The van der Waals surface area contributed by atoms with Crippen molar-refractivity contribution in [3.63, 3.8) is 0 Å². The quantitative estimate of drug-likeness (QED) is 0.656. The van der Waals surface area contributed by atoms with Gasteiger partial charge in [0.15, 0.2) is 0 Å². The Morgan fingerprint density at radius 1 is 1.25 bits per heavy atom. The minimum atomic E-state index is -0.790. The fourth-order valence-electron chi connectivity index (χ4n) is 3.60. The third-order valence-corrected chi connectivity index (χ3v) is 5.21. The molecule has 0 radical (unpaired) electrons. The molecular formula is C17H32N4O3. The number of hydrogen-bond acceptors (Lipinski definition) is 4. The van der Waals surface area contributed by atoms with Crippen molar-refractivity contribution in [2.75, 3.05) is 46.3 Å². The molecule has 2 fully saturated rings. The third-order valence-electron chi connectivity index (χ3n) is 5.21. The Bertz CT molecular complexity index is 420. The number of likely N-dealkylation sites (N-methyl/N-ethyl adjacent to an activating group) is 1. The van der Waals surface area contributed by atoms with Gasteiger partial charge in [-0.3, -0.25) is 9.69 Å². The van der Waals surface area contributed by atoms with Gasteiger partial charge >= 0.3 is 12.0 Å². The van der Waals surface area contributed by atoms with Gasteiger partial charge < -0.3 is 20.2 Å². The van der Waals surface area contributed by atoms with Crippen LogP contribution in [0.25, 0.3) is 0 Å². The summed E-state index contributed by atoms with van der Waals surface area (Å²) in [4.78, 5) is 29.2. The SMILES string of the molecule is CCN(CC(=O)O)C1CC(NC(=O)N(C)CCCN2CCCC2)C1. The van der Waals surface area contributed by atoms with E-state index in [1.807, 2.05) is 18.9 Å². The van der Waals surface area contributed by atoms with Crippen LogP contribution in [0.1, 0.15) is 39.0 Å². The molecule has 24 heavy (non-hydrogen) atoms. The standard InChI is InChI=1S/C17H32N4O3/c1-3-21(13-16(22)23)15-11-14(12-15)18-17(24)19(2)7-6-10-20-8-4-5-9-20/h14-15H,3-13H2,1-2H3,(H,18,24)(H,22,23). The van der Waals surface area contributed by atoms with Crippen LogP contribution in [-0.4, -0.2) is 90.2 Å². The fraction of sp³-hybridized carbons (Fsp3) is 0.882. The molecule has 0 spiro atoms. The zero-order valence-electron chi connectivity index (χ0n) is 15.0. The summed E-state index contributed by atoms with van der Waals surface area (Å²) in [5, 5.41) is 12.0. The molecule has 2 rings (SSSR count). The van der Waals surface area contributed by atoms with E-state index >= 15 is 0 Å². The van der Waals surface area contributed by atoms with Crippen LogP contribution < -0.4 is 5.32 Å². The van der Waals surface area contributed by atoms with Crippen molar-refractivity contribution in [1.82, 2.24) is 20.0 Å². The maximum atomic E-state index is 12.2. The number of urea groups is 1. The van der Waals surface area contributed by atoms with Gasteiger partial charge in [0, 0.05) is 25.7 Å². The first-order valence-corrected chi connectivity index (χ1v) is 9.19. The average molecular weight is 340 g/mol. The minimum absolute atomic E-state index is 0.0128. The number of carbonyl (C=O) groups excluding carboxylic acids is 1. The lowest BCUT2D eigenvalue weighted by molar-refractivity contribution is -0.139. The second-order valence-electron chi connectivity index (χ2n) is 7.05. The number of nitrogens with zero attached hydrogens (tertiary/aromatic N) is 3. The molecule has 138 valence electrons. The van der Waals surface area contributed by atoms with Gasteiger partial charge in [-0.25, -0.2) is 4.79 Å².